The summed E-state index contributed by atoms with van der Waals surface area (Å²) in [7, 11) is 0. The fraction of sp³-hybridized carbons (Fsp3) is 0.333. The molecule has 2 aromatic rings. The normalized spacial score (nSPS) is 12.0. The lowest BCUT2D eigenvalue weighted by Crippen LogP contribution is -2.26. The Bertz CT molecular complexity index is 601. The summed E-state index contributed by atoms with van der Waals surface area (Å²) in [6.45, 7) is 4.82. The Morgan fingerprint density at radius 2 is 2.29 bits per heavy atom. The Morgan fingerprint density at radius 3 is 2.95 bits per heavy atom. The molecule has 1 amide bonds. The standard InChI is InChI=1S/C15H18ClN3OS/c1-3-6-17-14-9-11(8-13(16)19-14)15(20)18-10(2)12-5-4-7-21-12/h4-5,7-10H,3,6H2,1-2H3,(H,17,19)(H,18,20). The molecular weight excluding hydrogens is 306 g/mol. The minimum Gasteiger partial charge on any atom is -0.370 e. The number of thiophene rings is 1. The molecule has 0 aliphatic rings. The number of pyridine rings is 1. The summed E-state index contributed by atoms with van der Waals surface area (Å²) in [4.78, 5) is 17.6. The summed E-state index contributed by atoms with van der Waals surface area (Å²) in [6, 6.07) is 7.24. The molecule has 6 heteroatoms. The average molecular weight is 324 g/mol. The van der Waals surface area contributed by atoms with E-state index in [-0.39, 0.29) is 11.9 Å². The number of aromatic nitrogens is 1. The molecule has 0 aliphatic heterocycles. The summed E-state index contributed by atoms with van der Waals surface area (Å²) in [5.74, 6) is 0.470. The second kappa shape index (κ2) is 7.43. The predicted octanol–water partition coefficient (Wildman–Crippen LogP) is 4.11. The number of amides is 1. The number of halogens is 1. The summed E-state index contributed by atoms with van der Waals surface area (Å²) in [6.07, 6.45) is 0.977. The lowest BCUT2D eigenvalue weighted by atomic mass is 10.2. The lowest BCUT2D eigenvalue weighted by Gasteiger charge is -2.13. The fourth-order valence-electron chi connectivity index (χ4n) is 1.86. The zero-order valence-corrected chi connectivity index (χ0v) is 13.6. The molecule has 0 spiro atoms. The highest BCUT2D eigenvalue weighted by Gasteiger charge is 2.14. The van der Waals surface area contributed by atoms with Gasteiger partial charge in [-0.05, 0) is 36.9 Å². The molecule has 0 bridgehead atoms. The molecule has 0 radical (unpaired) electrons. The number of rotatable bonds is 6. The van der Waals surface area contributed by atoms with Crippen molar-refractivity contribution in [3.05, 3.63) is 45.2 Å². The van der Waals surface area contributed by atoms with Crippen LogP contribution in [0.4, 0.5) is 5.82 Å². The molecule has 0 aromatic carbocycles. The monoisotopic (exact) mass is 323 g/mol. The summed E-state index contributed by atoms with van der Waals surface area (Å²) in [5, 5.41) is 8.41. The van der Waals surface area contributed by atoms with E-state index in [1.54, 1.807) is 23.5 Å². The summed E-state index contributed by atoms with van der Waals surface area (Å²) >= 11 is 7.60. The molecule has 1 unspecified atom stereocenters. The third-order valence-corrected chi connectivity index (χ3v) is 4.18. The van der Waals surface area contributed by atoms with Crippen molar-refractivity contribution in [3.8, 4) is 0 Å². The maximum atomic E-state index is 12.3. The second-order valence-electron chi connectivity index (χ2n) is 4.70. The van der Waals surface area contributed by atoms with Gasteiger partial charge in [0.05, 0.1) is 6.04 Å². The molecular formula is C15H18ClN3OS. The molecule has 0 fully saturated rings. The van der Waals surface area contributed by atoms with Crippen molar-refractivity contribution in [3.63, 3.8) is 0 Å². The van der Waals surface area contributed by atoms with Gasteiger partial charge in [-0.1, -0.05) is 24.6 Å². The van der Waals surface area contributed by atoms with E-state index in [4.69, 9.17) is 11.6 Å². The van der Waals surface area contributed by atoms with E-state index in [0.717, 1.165) is 17.8 Å². The van der Waals surface area contributed by atoms with Crippen LogP contribution >= 0.6 is 22.9 Å². The number of carbonyl (C=O) groups excluding carboxylic acids is 1. The molecule has 0 aliphatic carbocycles. The molecule has 0 saturated heterocycles. The first kappa shape index (κ1) is 15.8. The third kappa shape index (κ3) is 4.44. The van der Waals surface area contributed by atoms with Crippen LogP contribution in [-0.4, -0.2) is 17.4 Å². The predicted molar refractivity (Wildman–Crippen MR) is 88.2 cm³/mol. The van der Waals surface area contributed by atoms with Crippen LogP contribution in [0.5, 0.6) is 0 Å². The van der Waals surface area contributed by atoms with Gasteiger partial charge in [0.1, 0.15) is 11.0 Å². The number of hydrogen-bond donors (Lipinski definition) is 2. The van der Waals surface area contributed by atoms with Crippen molar-refractivity contribution in [1.29, 1.82) is 0 Å². The fourth-order valence-corrected chi connectivity index (χ4v) is 2.80. The maximum Gasteiger partial charge on any atom is 0.252 e. The molecule has 2 rings (SSSR count). The zero-order chi connectivity index (χ0) is 15.2. The molecule has 2 N–H and O–H groups in total. The van der Waals surface area contributed by atoms with Crippen LogP contribution in [0.3, 0.4) is 0 Å². The first-order valence-electron chi connectivity index (χ1n) is 6.86. The van der Waals surface area contributed by atoms with Crippen LogP contribution in [0.1, 0.15) is 41.5 Å². The number of anilines is 1. The van der Waals surface area contributed by atoms with Crippen molar-refractivity contribution in [2.45, 2.75) is 26.3 Å². The van der Waals surface area contributed by atoms with E-state index >= 15 is 0 Å². The minimum absolute atomic E-state index is 0.0310. The molecule has 2 aromatic heterocycles. The Labute approximate surface area is 133 Å². The molecule has 4 nitrogen and oxygen atoms in total. The van der Waals surface area contributed by atoms with E-state index in [2.05, 4.69) is 22.5 Å². The molecule has 21 heavy (non-hydrogen) atoms. The van der Waals surface area contributed by atoms with E-state index in [1.807, 2.05) is 24.4 Å². The van der Waals surface area contributed by atoms with Gasteiger partial charge in [-0.25, -0.2) is 4.98 Å². The van der Waals surface area contributed by atoms with Gasteiger partial charge in [0.15, 0.2) is 0 Å². The maximum absolute atomic E-state index is 12.3. The van der Waals surface area contributed by atoms with Crippen molar-refractivity contribution >= 4 is 34.7 Å². The molecule has 2 heterocycles. The van der Waals surface area contributed by atoms with Gasteiger partial charge in [0.25, 0.3) is 5.91 Å². The van der Waals surface area contributed by atoms with Gasteiger partial charge in [0, 0.05) is 17.0 Å². The quantitative estimate of drug-likeness (QED) is 0.787. The van der Waals surface area contributed by atoms with E-state index in [1.165, 1.54) is 0 Å². The SMILES string of the molecule is CCCNc1cc(C(=O)NC(C)c2cccs2)cc(Cl)n1. The second-order valence-corrected chi connectivity index (χ2v) is 6.07. The smallest absolute Gasteiger partial charge is 0.252 e. The van der Waals surface area contributed by atoms with Crippen LogP contribution in [0.2, 0.25) is 5.15 Å². The van der Waals surface area contributed by atoms with Gasteiger partial charge < -0.3 is 10.6 Å². The number of carbonyl (C=O) groups is 1. The van der Waals surface area contributed by atoms with Crippen LogP contribution in [0.15, 0.2) is 29.6 Å². The third-order valence-electron chi connectivity index (χ3n) is 2.93. The Balaban J connectivity index is 2.09. The van der Waals surface area contributed by atoms with Gasteiger partial charge >= 0.3 is 0 Å². The summed E-state index contributed by atoms with van der Waals surface area (Å²) in [5.41, 5.74) is 0.511. The highest BCUT2D eigenvalue weighted by Crippen LogP contribution is 2.20. The highest BCUT2D eigenvalue weighted by atomic mass is 35.5. The van der Waals surface area contributed by atoms with Gasteiger partial charge in [-0.2, -0.15) is 0 Å². The van der Waals surface area contributed by atoms with Gasteiger partial charge in [-0.3, -0.25) is 4.79 Å². The van der Waals surface area contributed by atoms with Crippen LogP contribution in [-0.2, 0) is 0 Å². The van der Waals surface area contributed by atoms with E-state index < -0.39 is 0 Å². The topological polar surface area (TPSA) is 54.0 Å². The van der Waals surface area contributed by atoms with Gasteiger partial charge in [-0.15, -0.1) is 11.3 Å². The Morgan fingerprint density at radius 1 is 1.48 bits per heavy atom. The van der Waals surface area contributed by atoms with Crippen LogP contribution in [0.25, 0.3) is 0 Å². The van der Waals surface area contributed by atoms with Gasteiger partial charge in [0.2, 0.25) is 0 Å². The zero-order valence-electron chi connectivity index (χ0n) is 12.0. The van der Waals surface area contributed by atoms with Crippen molar-refractivity contribution in [2.24, 2.45) is 0 Å². The number of nitrogens with one attached hydrogen (secondary N) is 2. The highest BCUT2D eigenvalue weighted by molar-refractivity contribution is 7.10. The summed E-state index contributed by atoms with van der Waals surface area (Å²) < 4.78 is 0. The van der Waals surface area contributed by atoms with Crippen molar-refractivity contribution in [2.75, 3.05) is 11.9 Å². The first-order valence-corrected chi connectivity index (χ1v) is 8.11. The number of nitrogens with zero attached hydrogens (tertiary/aromatic N) is 1. The van der Waals surface area contributed by atoms with E-state index in [0.29, 0.717) is 16.5 Å². The van der Waals surface area contributed by atoms with E-state index in [9.17, 15) is 4.79 Å². The molecule has 112 valence electrons. The largest absolute Gasteiger partial charge is 0.370 e. The molecule has 0 saturated carbocycles. The lowest BCUT2D eigenvalue weighted by molar-refractivity contribution is 0.0940. The van der Waals surface area contributed by atoms with Crippen LogP contribution < -0.4 is 10.6 Å². The number of hydrogen-bond acceptors (Lipinski definition) is 4. The first-order chi connectivity index (χ1) is 10.1. The molecule has 1 atom stereocenters. The van der Waals surface area contributed by atoms with Crippen LogP contribution in [0, 0.1) is 0 Å². The minimum atomic E-state index is -0.153. The van der Waals surface area contributed by atoms with Crippen molar-refractivity contribution in [1.82, 2.24) is 10.3 Å². The van der Waals surface area contributed by atoms with Crippen molar-refractivity contribution < 1.29 is 4.79 Å². The Hall–Kier alpha value is -1.59. The average Bonchev–Trinajstić information content (AvgIpc) is 2.98. The Kier molecular flexibility index (Phi) is 5.59.